The molecule has 0 saturated carbocycles. The first-order chi connectivity index (χ1) is 9.87. The molecular weight excluding hydrogens is 308 g/mol. The van der Waals surface area contributed by atoms with Crippen molar-refractivity contribution in [3.05, 3.63) is 35.4 Å². The van der Waals surface area contributed by atoms with Gasteiger partial charge in [0.1, 0.15) is 4.99 Å². The molecule has 1 aliphatic heterocycles. The number of thiocarbonyl (C=S) groups is 1. The Balaban J connectivity index is 2.03. The van der Waals surface area contributed by atoms with E-state index in [1.807, 2.05) is 6.92 Å². The van der Waals surface area contributed by atoms with Crippen LogP contribution in [0.2, 0.25) is 0 Å². The smallest absolute Gasteiger partial charge is 0.216 e. The molecule has 1 aromatic rings. The number of nitrogens with two attached hydrogens (primary N) is 1. The third-order valence-electron chi connectivity index (χ3n) is 3.61. The number of hydrogen-bond donors (Lipinski definition) is 2. The van der Waals surface area contributed by atoms with Gasteiger partial charge in [-0.15, -0.1) is 0 Å². The van der Waals surface area contributed by atoms with Crippen molar-refractivity contribution in [2.24, 2.45) is 11.7 Å². The van der Waals surface area contributed by atoms with Gasteiger partial charge in [0.25, 0.3) is 0 Å². The average Bonchev–Trinajstić information content (AvgIpc) is 2.91. The van der Waals surface area contributed by atoms with E-state index in [4.69, 9.17) is 22.7 Å². The van der Waals surface area contributed by atoms with Gasteiger partial charge in [0, 0.05) is 24.1 Å². The maximum Gasteiger partial charge on any atom is 0.216 e. The highest BCUT2D eigenvalue weighted by atomic mass is 32.2. The summed E-state index contributed by atoms with van der Waals surface area (Å²) >= 11 is 4.90. The van der Waals surface area contributed by atoms with E-state index in [1.54, 1.807) is 24.3 Å². The van der Waals surface area contributed by atoms with E-state index in [-0.39, 0.29) is 22.7 Å². The molecule has 2 atom stereocenters. The van der Waals surface area contributed by atoms with Crippen LogP contribution in [-0.2, 0) is 20.5 Å². The maximum absolute atomic E-state index is 12.2. The summed E-state index contributed by atoms with van der Waals surface area (Å²) in [5.41, 5.74) is 6.91. The van der Waals surface area contributed by atoms with Gasteiger partial charge < -0.3 is 10.5 Å². The van der Waals surface area contributed by atoms with Gasteiger partial charge in [-0.3, -0.25) is 0 Å². The van der Waals surface area contributed by atoms with Crippen LogP contribution in [-0.4, -0.2) is 32.7 Å². The molecule has 0 aliphatic carbocycles. The molecule has 1 fully saturated rings. The van der Waals surface area contributed by atoms with Gasteiger partial charge in [-0.1, -0.05) is 30.4 Å². The lowest BCUT2D eigenvalue weighted by molar-refractivity contribution is 0.180. The SMILES string of the molecule is CC(NS(=O)(=O)Cc1cccc(C(N)=S)c1)C1CCOC1. The van der Waals surface area contributed by atoms with Crippen LogP contribution in [0.1, 0.15) is 24.5 Å². The largest absolute Gasteiger partial charge is 0.389 e. The minimum atomic E-state index is -3.40. The molecule has 0 spiro atoms. The molecule has 7 heteroatoms. The summed E-state index contributed by atoms with van der Waals surface area (Å²) in [7, 11) is -3.40. The monoisotopic (exact) mass is 328 g/mol. The van der Waals surface area contributed by atoms with Crippen LogP contribution in [0.15, 0.2) is 24.3 Å². The number of ether oxygens (including phenoxy) is 1. The lowest BCUT2D eigenvalue weighted by Gasteiger charge is -2.19. The molecular formula is C14H20N2O3S2. The van der Waals surface area contributed by atoms with Crippen LogP contribution in [0.25, 0.3) is 0 Å². The van der Waals surface area contributed by atoms with Crippen LogP contribution in [0, 0.1) is 5.92 Å². The molecule has 1 aliphatic rings. The standard InChI is InChI=1S/C14H20N2O3S2/c1-10(13-5-6-19-8-13)16-21(17,18)9-11-3-2-4-12(7-11)14(15)20/h2-4,7,10,13,16H,5-6,8-9H2,1H3,(H2,15,20). The minimum Gasteiger partial charge on any atom is -0.389 e. The van der Waals surface area contributed by atoms with Crippen molar-refractivity contribution in [2.75, 3.05) is 13.2 Å². The van der Waals surface area contributed by atoms with Gasteiger partial charge in [-0.2, -0.15) is 0 Å². The first-order valence-corrected chi connectivity index (χ1v) is 8.90. The third kappa shape index (κ3) is 4.74. The lowest BCUT2D eigenvalue weighted by Crippen LogP contribution is -2.39. The van der Waals surface area contributed by atoms with Crippen molar-refractivity contribution in [2.45, 2.75) is 25.1 Å². The molecule has 0 radical (unpaired) electrons. The summed E-state index contributed by atoms with van der Waals surface area (Å²) in [6, 6.07) is 6.86. The van der Waals surface area contributed by atoms with Gasteiger partial charge in [0.15, 0.2) is 0 Å². The Morgan fingerprint density at radius 2 is 2.33 bits per heavy atom. The van der Waals surface area contributed by atoms with E-state index in [2.05, 4.69) is 4.72 Å². The Kier molecular flexibility index (Phi) is 5.32. The van der Waals surface area contributed by atoms with Gasteiger partial charge in [0.2, 0.25) is 10.0 Å². The van der Waals surface area contributed by atoms with E-state index >= 15 is 0 Å². The molecule has 0 bridgehead atoms. The fourth-order valence-corrected chi connectivity index (χ4v) is 3.99. The summed E-state index contributed by atoms with van der Waals surface area (Å²) in [5.74, 6) is 0.157. The van der Waals surface area contributed by atoms with E-state index in [9.17, 15) is 8.42 Å². The summed E-state index contributed by atoms with van der Waals surface area (Å²) in [5, 5.41) is 0. The maximum atomic E-state index is 12.2. The number of nitrogens with one attached hydrogen (secondary N) is 1. The zero-order valence-electron chi connectivity index (χ0n) is 11.9. The van der Waals surface area contributed by atoms with Gasteiger partial charge in [-0.05, 0) is 25.0 Å². The number of hydrogen-bond acceptors (Lipinski definition) is 4. The Bertz CT molecular complexity index is 610. The zero-order valence-corrected chi connectivity index (χ0v) is 13.5. The second-order valence-electron chi connectivity index (χ2n) is 5.35. The van der Waals surface area contributed by atoms with E-state index < -0.39 is 10.0 Å². The summed E-state index contributed by atoms with van der Waals surface area (Å²) in [6.45, 7) is 3.19. The van der Waals surface area contributed by atoms with E-state index in [0.29, 0.717) is 24.3 Å². The molecule has 0 amide bonds. The Hall–Kier alpha value is -1.02. The average molecular weight is 328 g/mol. The number of rotatable bonds is 6. The first-order valence-electron chi connectivity index (χ1n) is 6.84. The molecule has 1 aromatic carbocycles. The highest BCUT2D eigenvalue weighted by molar-refractivity contribution is 7.88. The highest BCUT2D eigenvalue weighted by Gasteiger charge is 2.26. The Morgan fingerprint density at radius 3 is 2.95 bits per heavy atom. The van der Waals surface area contributed by atoms with Crippen molar-refractivity contribution >= 4 is 27.2 Å². The Labute approximate surface area is 130 Å². The van der Waals surface area contributed by atoms with Gasteiger partial charge in [0.05, 0.1) is 12.4 Å². The lowest BCUT2D eigenvalue weighted by atomic mass is 10.0. The normalized spacial score (nSPS) is 20.3. The third-order valence-corrected chi connectivity index (χ3v) is 5.29. The summed E-state index contributed by atoms with van der Waals surface area (Å²) in [4.78, 5) is 0.263. The van der Waals surface area contributed by atoms with Crippen LogP contribution >= 0.6 is 12.2 Å². The van der Waals surface area contributed by atoms with Crippen molar-refractivity contribution in [3.63, 3.8) is 0 Å². The minimum absolute atomic E-state index is 0.0820. The second kappa shape index (κ2) is 6.83. The molecule has 2 unspecified atom stereocenters. The predicted octanol–water partition coefficient (Wildman–Crippen LogP) is 1.17. The zero-order chi connectivity index (χ0) is 15.5. The molecule has 5 nitrogen and oxygen atoms in total. The molecule has 21 heavy (non-hydrogen) atoms. The molecule has 2 rings (SSSR count). The van der Waals surface area contributed by atoms with Gasteiger partial charge >= 0.3 is 0 Å². The topological polar surface area (TPSA) is 81.4 Å². The summed E-state index contributed by atoms with van der Waals surface area (Å²) in [6.07, 6.45) is 0.889. The number of benzene rings is 1. The van der Waals surface area contributed by atoms with Crippen molar-refractivity contribution in [1.82, 2.24) is 4.72 Å². The summed E-state index contributed by atoms with van der Waals surface area (Å²) < 4.78 is 32.5. The van der Waals surface area contributed by atoms with Crippen LogP contribution in [0.4, 0.5) is 0 Å². The van der Waals surface area contributed by atoms with Crippen molar-refractivity contribution in [1.29, 1.82) is 0 Å². The second-order valence-corrected chi connectivity index (χ2v) is 7.55. The predicted molar refractivity (Wildman–Crippen MR) is 86.5 cm³/mol. The van der Waals surface area contributed by atoms with Crippen LogP contribution < -0.4 is 10.5 Å². The van der Waals surface area contributed by atoms with Gasteiger partial charge in [-0.25, -0.2) is 13.1 Å². The van der Waals surface area contributed by atoms with Crippen molar-refractivity contribution < 1.29 is 13.2 Å². The van der Waals surface area contributed by atoms with Crippen molar-refractivity contribution in [3.8, 4) is 0 Å². The highest BCUT2D eigenvalue weighted by Crippen LogP contribution is 2.18. The fourth-order valence-electron chi connectivity index (χ4n) is 2.40. The first kappa shape index (κ1) is 16.4. The molecule has 1 heterocycles. The Morgan fingerprint density at radius 1 is 1.57 bits per heavy atom. The number of sulfonamides is 1. The fraction of sp³-hybridized carbons (Fsp3) is 0.500. The molecule has 116 valence electrons. The quantitative estimate of drug-likeness (QED) is 0.766. The van der Waals surface area contributed by atoms with E-state index in [1.165, 1.54) is 0 Å². The van der Waals surface area contributed by atoms with E-state index in [0.717, 1.165) is 6.42 Å². The van der Waals surface area contributed by atoms with Crippen LogP contribution in [0.3, 0.4) is 0 Å². The van der Waals surface area contributed by atoms with Crippen LogP contribution in [0.5, 0.6) is 0 Å². The molecule has 1 saturated heterocycles. The molecule has 3 N–H and O–H groups in total. The molecule has 0 aromatic heterocycles.